The van der Waals surface area contributed by atoms with Crippen LogP contribution in [0.3, 0.4) is 0 Å². The number of ether oxygens (including phenoxy) is 4. The Morgan fingerprint density at radius 1 is 0.697 bits per heavy atom. The van der Waals surface area contributed by atoms with Gasteiger partial charge in [0.05, 0.1) is 26.7 Å². The molecule has 0 spiro atoms. The van der Waals surface area contributed by atoms with Gasteiger partial charge in [-0.05, 0) is 72.7 Å². The van der Waals surface area contributed by atoms with Crippen LogP contribution in [0.1, 0.15) is 54.4 Å². The third kappa shape index (κ3) is 22.2. The Bertz CT molecular complexity index is 2270. The average Bonchev–Trinajstić information content (AvgIpc) is 3.21. The van der Waals surface area contributed by atoms with E-state index < -0.39 is 65.8 Å². The number of pyridine rings is 2. The predicted octanol–water partition coefficient (Wildman–Crippen LogP) is 4.62. The number of esters is 2. The van der Waals surface area contributed by atoms with Crippen molar-refractivity contribution >= 4 is 119 Å². The standard InChI is InChI=1S/C20H24N4O7.C18H22N4O6.C2H3ClO.ClH.2H2S/c1-12(2)9-15(23-13(3)25)20(27)22-10-18(26)31-11-30-17-7-6-16(24(28)29)14-5-4-8-21-19(14)17;1-11(2)8-13(19)18(24)21-9-16(23)28-10-27-15-6-5-14(22(25)26)12-4-3-7-20-17(12)15;1-2(3)4;;;/h4-8,12,15H,9-11H2,1-3H3,(H,22,27)(H,23,25);3-7,11,13H,8-10,19H2,1-2H3,(H,21,24);1H3;1H;2*1H2/t15-;13-;;;;/m00..../s1. The SMILES string of the molecule is CC(=O)Cl.CC(=O)N[C@@H](CC(C)C)C(=O)NCC(=O)OCOc1ccc([N+](=O)[O-])c2cccnc12.CC(C)C[C@H](N)C(=O)NCC(=O)OCOc1ccc([N+](=O)[O-])c2cccnc12.Cl.S.S. The highest BCUT2D eigenvalue weighted by Crippen LogP contribution is 2.32. The van der Waals surface area contributed by atoms with Gasteiger partial charge in [0.2, 0.25) is 36.5 Å². The van der Waals surface area contributed by atoms with E-state index >= 15 is 0 Å². The van der Waals surface area contributed by atoms with Crippen LogP contribution in [0.4, 0.5) is 11.4 Å². The quantitative estimate of drug-likeness (QED) is 0.0327. The molecular formula is C40H54Cl2N8O14S2. The lowest BCUT2D eigenvalue weighted by molar-refractivity contribution is -0.383. The number of nitrogens with one attached hydrogen (secondary N) is 3. The van der Waals surface area contributed by atoms with Gasteiger partial charge in [-0.1, -0.05) is 27.7 Å². The number of nitro benzene ring substituents is 2. The molecule has 0 bridgehead atoms. The Hall–Kier alpha value is -6.08. The van der Waals surface area contributed by atoms with Crippen LogP contribution in [0, 0.1) is 32.1 Å². The lowest BCUT2D eigenvalue weighted by Crippen LogP contribution is -2.48. The Labute approximate surface area is 404 Å². The molecule has 0 fully saturated rings. The van der Waals surface area contributed by atoms with Crippen molar-refractivity contribution in [1.82, 2.24) is 25.9 Å². The van der Waals surface area contributed by atoms with Gasteiger partial charge >= 0.3 is 11.9 Å². The fraction of sp³-hybridized carbons (Fsp3) is 0.400. The summed E-state index contributed by atoms with van der Waals surface area (Å²) in [6, 6.07) is 10.1. The number of benzene rings is 2. The maximum Gasteiger partial charge on any atom is 0.328 e. The molecule has 0 aliphatic heterocycles. The van der Waals surface area contributed by atoms with Gasteiger partial charge in [0, 0.05) is 38.4 Å². The maximum absolute atomic E-state index is 12.2. The molecular weight excluding hydrogens is 952 g/mol. The van der Waals surface area contributed by atoms with Crippen LogP contribution < -0.4 is 31.2 Å². The molecule has 22 nitrogen and oxygen atoms in total. The first-order chi connectivity index (χ1) is 29.7. The molecule has 0 unspecified atom stereocenters. The number of fused-ring (bicyclic) bond motifs is 2. The number of nitrogens with two attached hydrogens (primary N) is 1. The summed E-state index contributed by atoms with van der Waals surface area (Å²) in [6.45, 7) is 8.64. The fourth-order valence-corrected chi connectivity index (χ4v) is 5.37. The summed E-state index contributed by atoms with van der Waals surface area (Å²) in [7, 11) is 0. The number of nitro groups is 2. The van der Waals surface area contributed by atoms with Crippen molar-refractivity contribution in [3.05, 3.63) is 81.2 Å². The molecule has 0 saturated carbocycles. The van der Waals surface area contributed by atoms with Crippen molar-refractivity contribution in [2.24, 2.45) is 17.6 Å². The Morgan fingerprint density at radius 2 is 1.09 bits per heavy atom. The third-order valence-electron chi connectivity index (χ3n) is 7.96. The zero-order chi connectivity index (χ0) is 47.2. The summed E-state index contributed by atoms with van der Waals surface area (Å²) >= 11 is 4.64. The van der Waals surface area contributed by atoms with E-state index in [0.717, 1.165) is 0 Å². The predicted molar refractivity (Wildman–Crippen MR) is 255 cm³/mol. The maximum atomic E-state index is 12.2. The van der Waals surface area contributed by atoms with Gasteiger partial charge in [-0.3, -0.25) is 59.0 Å². The van der Waals surface area contributed by atoms with Gasteiger partial charge in [0.15, 0.2) is 0 Å². The van der Waals surface area contributed by atoms with E-state index in [2.05, 4.69) is 37.5 Å². The smallest absolute Gasteiger partial charge is 0.328 e. The Morgan fingerprint density at radius 3 is 1.45 bits per heavy atom. The van der Waals surface area contributed by atoms with Gasteiger partial charge in [0.1, 0.15) is 41.7 Å². The van der Waals surface area contributed by atoms with Gasteiger partial charge < -0.3 is 40.6 Å². The van der Waals surface area contributed by atoms with Crippen LogP contribution in [0.25, 0.3) is 21.8 Å². The number of rotatable bonds is 19. The number of halogens is 2. The fourth-order valence-electron chi connectivity index (χ4n) is 5.37. The summed E-state index contributed by atoms with van der Waals surface area (Å²) in [5, 5.41) is 29.8. The minimum Gasteiger partial charge on any atom is -0.455 e. The number of hydrogen-bond acceptors (Lipinski definition) is 17. The Kier molecular flexibility index (Phi) is 29.8. The summed E-state index contributed by atoms with van der Waals surface area (Å²) in [4.78, 5) is 97.4. The van der Waals surface area contributed by atoms with E-state index in [0.29, 0.717) is 18.2 Å². The van der Waals surface area contributed by atoms with E-state index in [4.69, 9.17) is 24.7 Å². The first kappa shape index (κ1) is 62.0. The molecule has 3 amide bonds. The molecule has 4 rings (SSSR count). The molecule has 5 N–H and O–H groups in total. The lowest BCUT2D eigenvalue weighted by atomic mass is 10.0. The van der Waals surface area contributed by atoms with Gasteiger partial charge in [-0.2, -0.15) is 27.0 Å². The molecule has 2 aromatic carbocycles. The van der Waals surface area contributed by atoms with Crippen molar-refractivity contribution in [1.29, 1.82) is 0 Å². The van der Waals surface area contributed by atoms with Crippen LogP contribution in [-0.2, 0) is 38.2 Å². The number of nitrogens with zero attached hydrogens (tertiary/aromatic N) is 4. The van der Waals surface area contributed by atoms with E-state index in [9.17, 15) is 49.0 Å². The first-order valence-corrected chi connectivity index (χ1v) is 19.4. The normalized spacial score (nSPS) is 10.9. The minimum atomic E-state index is -0.751. The number of carbonyl (C=O) groups is 6. The zero-order valence-corrected chi connectivity index (χ0v) is 40.3. The highest BCUT2D eigenvalue weighted by atomic mass is 35.5. The van der Waals surface area contributed by atoms with Crippen molar-refractivity contribution < 1.29 is 57.6 Å². The monoisotopic (exact) mass is 1000 g/mol. The summed E-state index contributed by atoms with van der Waals surface area (Å²) in [6.07, 6.45) is 3.86. The van der Waals surface area contributed by atoms with Gasteiger partial charge in [-0.25, -0.2) is 0 Å². The van der Waals surface area contributed by atoms with E-state index in [1.165, 1.54) is 56.6 Å². The number of non-ortho nitro benzene ring substituents is 2. The molecule has 0 aliphatic rings. The highest BCUT2D eigenvalue weighted by molar-refractivity contribution is 7.59. The highest BCUT2D eigenvalue weighted by Gasteiger charge is 2.22. The van der Waals surface area contributed by atoms with Crippen LogP contribution in [0.15, 0.2) is 60.9 Å². The lowest BCUT2D eigenvalue weighted by Gasteiger charge is -2.19. The molecule has 2 heterocycles. The largest absolute Gasteiger partial charge is 0.455 e. The van der Waals surface area contributed by atoms with Crippen LogP contribution >= 0.6 is 51.0 Å². The second-order valence-electron chi connectivity index (χ2n) is 14.1. The Balaban J connectivity index is 0. The van der Waals surface area contributed by atoms with Crippen LogP contribution in [-0.4, -0.2) is 93.5 Å². The first-order valence-electron chi connectivity index (χ1n) is 19.1. The molecule has 364 valence electrons. The second-order valence-corrected chi connectivity index (χ2v) is 14.6. The topological polar surface area (TPSA) is 314 Å². The number of amides is 3. The molecule has 26 heteroatoms. The molecule has 4 aromatic rings. The average molecular weight is 1010 g/mol. The van der Waals surface area contributed by atoms with Crippen molar-refractivity contribution in [2.45, 2.75) is 66.5 Å². The molecule has 2 atom stereocenters. The van der Waals surface area contributed by atoms with E-state index in [1.807, 2.05) is 27.7 Å². The zero-order valence-electron chi connectivity index (χ0n) is 36.7. The van der Waals surface area contributed by atoms with Crippen molar-refractivity contribution in [2.75, 3.05) is 26.7 Å². The summed E-state index contributed by atoms with van der Waals surface area (Å²) in [5.74, 6) is -1.87. The second kappa shape index (κ2) is 31.7. The number of hydrogen-bond donors (Lipinski definition) is 4. The van der Waals surface area contributed by atoms with Crippen molar-refractivity contribution in [3.8, 4) is 11.5 Å². The summed E-state index contributed by atoms with van der Waals surface area (Å²) in [5.41, 5.74) is 6.03. The third-order valence-corrected chi connectivity index (χ3v) is 7.96. The number of carbonyl (C=O) groups excluding carboxylic acids is 6. The van der Waals surface area contributed by atoms with E-state index in [-0.39, 0.29) is 108 Å². The molecule has 0 aliphatic carbocycles. The molecule has 0 radical (unpaired) electrons. The van der Waals surface area contributed by atoms with Gasteiger partial charge in [0.25, 0.3) is 11.4 Å². The van der Waals surface area contributed by atoms with Gasteiger partial charge in [-0.15, -0.1) is 12.4 Å². The number of aromatic nitrogens is 2. The van der Waals surface area contributed by atoms with Crippen LogP contribution in [0.2, 0.25) is 0 Å². The molecule has 0 saturated heterocycles. The molecule has 66 heavy (non-hydrogen) atoms. The molecule has 2 aromatic heterocycles. The van der Waals surface area contributed by atoms with E-state index in [1.54, 1.807) is 18.2 Å². The van der Waals surface area contributed by atoms with Crippen molar-refractivity contribution in [3.63, 3.8) is 0 Å². The summed E-state index contributed by atoms with van der Waals surface area (Å²) < 4.78 is 20.6. The minimum absolute atomic E-state index is 0. The van der Waals surface area contributed by atoms with Crippen LogP contribution in [0.5, 0.6) is 11.5 Å².